The molecule has 0 aliphatic rings. The standard InChI is InChI=1S/C19H23ClFNO.ClH/c1-14(2)9-10-22-12-16-11-17(20)7-8-19(16)23-13-15-5-3-4-6-18(15)21;/h3-8,11,14,22H,9-10,12-13H2,1-2H3;1H. The van der Waals surface area contributed by atoms with E-state index in [0.29, 0.717) is 23.0 Å². The second-order valence-electron chi connectivity index (χ2n) is 5.99. The highest BCUT2D eigenvalue weighted by molar-refractivity contribution is 6.30. The summed E-state index contributed by atoms with van der Waals surface area (Å²) in [6.07, 6.45) is 1.12. The quantitative estimate of drug-likeness (QED) is 0.608. The van der Waals surface area contributed by atoms with Gasteiger partial charge >= 0.3 is 0 Å². The van der Waals surface area contributed by atoms with Crippen molar-refractivity contribution in [1.29, 1.82) is 0 Å². The van der Waals surface area contributed by atoms with Gasteiger partial charge in [0.2, 0.25) is 0 Å². The van der Waals surface area contributed by atoms with Crippen LogP contribution in [-0.4, -0.2) is 6.54 Å². The Morgan fingerprint density at radius 2 is 1.88 bits per heavy atom. The number of nitrogens with one attached hydrogen (secondary N) is 1. The Labute approximate surface area is 154 Å². The Morgan fingerprint density at radius 1 is 1.12 bits per heavy atom. The number of benzene rings is 2. The summed E-state index contributed by atoms with van der Waals surface area (Å²) in [6.45, 7) is 6.22. The minimum atomic E-state index is -0.252. The summed E-state index contributed by atoms with van der Waals surface area (Å²) in [5.41, 5.74) is 1.53. The van der Waals surface area contributed by atoms with Crippen molar-refractivity contribution in [2.75, 3.05) is 6.54 Å². The molecule has 0 aromatic heterocycles. The lowest BCUT2D eigenvalue weighted by Crippen LogP contribution is -2.17. The predicted molar refractivity (Wildman–Crippen MR) is 101 cm³/mol. The summed E-state index contributed by atoms with van der Waals surface area (Å²) in [6, 6.07) is 12.2. The maximum absolute atomic E-state index is 13.7. The highest BCUT2D eigenvalue weighted by atomic mass is 35.5. The second-order valence-corrected chi connectivity index (χ2v) is 6.43. The first-order chi connectivity index (χ1) is 11.1. The third kappa shape index (κ3) is 6.68. The molecule has 0 aliphatic carbocycles. The molecule has 2 rings (SSSR count). The fraction of sp³-hybridized carbons (Fsp3) is 0.368. The number of halogens is 3. The zero-order chi connectivity index (χ0) is 16.7. The summed E-state index contributed by atoms with van der Waals surface area (Å²) in [5, 5.41) is 4.07. The van der Waals surface area contributed by atoms with E-state index in [0.717, 1.165) is 24.3 Å². The number of hydrogen-bond acceptors (Lipinski definition) is 2. The van der Waals surface area contributed by atoms with E-state index in [1.807, 2.05) is 12.1 Å². The van der Waals surface area contributed by atoms with Crippen LogP contribution < -0.4 is 10.1 Å². The summed E-state index contributed by atoms with van der Waals surface area (Å²) >= 11 is 6.08. The maximum atomic E-state index is 13.7. The van der Waals surface area contributed by atoms with Crippen molar-refractivity contribution >= 4 is 24.0 Å². The van der Waals surface area contributed by atoms with E-state index in [1.165, 1.54) is 6.07 Å². The molecule has 2 aromatic rings. The highest BCUT2D eigenvalue weighted by Crippen LogP contribution is 2.24. The zero-order valence-electron chi connectivity index (χ0n) is 14.0. The van der Waals surface area contributed by atoms with E-state index in [9.17, 15) is 4.39 Å². The van der Waals surface area contributed by atoms with Gasteiger partial charge in [-0.2, -0.15) is 0 Å². The molecule has 0 radical (unpaired) electrons. The van der Waals surface area contributed by atoms with E-state index >= 15 is 0 Å². The molecule has 2 aromatic carbocycles. The fourth-order valence-corrected chi connectivity index (χ4v) is 2.41. The lowest BCUT2D eigenvalue weighted by Gasteiger charge is -2.14. The summed E-state index contributed by atoms with van der Waals surface area (Å²) < 4.78 is 19.5. The average molecular weight is 372 g/mol. The van der Waals surface area contributed by atoms with Gasteiger partial charge in [0, 0.05) is 22.7 Å². The number of rotatable bonds is 8. The molecule has 24 heavy (non-hydrogen) atoms. The lowest BCUT2D eigenvalue weighted by molar-refractivity contribution is 0.296. The third-order valence-corrected chi connectivity index (χ3v) is 3.81. The van der Waals surface area contributed by atoms with Crippen LogP contribution in [0.4, 0.5) is 4.39 Å². The first-order valence-corrected chi connectivity index (χ1v) is 8.29. The molecule has 0 spiro atoms. The molecule has 2 nitrogen and oxygen atoms in total. The van der Waals surface area contributed by atoms with Crippen molar-refractivity contribution in [1.82, 2.24) is 5.32 Å². The molecular formula is C19H24Cl2FNO. The average Bonchev–Trinajstić information content (AvgIpc) is 2.52. The minimum absolute atomic E-state index is 0. The Balaban J connectivity index is 0.00000288. The van der Waals surface area contributed by atoms with E-state index in [4.69, 9.17) is 16.3 Å². The topological polar surface area (TPSA) is 21.3 Å². The zero-order valence-corrected chi connectivity index (χ0v) is 15.6. The largest absolute Gasteiger partial charge is 0.488 e. The van der Waals surface area contributed by atoms with E-state index in [-0.39, 0.29) is 24.8 Å². The van der Waals surface area contributed by atoms with Gasteiger partial charge in [0.1, 0.15) is 18.2 Å². The van der Waals surface area contributed by atoms with Gasteiger partial charge in [0.25, 0.3) is 0 Å². The molecule has 1 N–H and O–H groups in total. The van der Waals surface area contributed by atoms with Crippen molar-refractivity contribution < 1.29 is 9.13 Å². The molecule has 0 saturated heterocycles. The molecule has 132 valence electrons. The third-order valence-electron chi connectivity index (χ3n) is 3.58. The van der Waals surface area contributed by atoms with Gasteiger partial charge in [-0.15, -0.1) is 12.4 Å². The van der Waals surface area contributed by atoms with Crippen molar-refractivity contribution in [3.63, 3.8) is 0 Å². The smallest absolute Gasteiger partial charge is 0.129 e. The Morgan fingerprint density at radius 3 is 2.58 bits per heavy atom. The second kappa shape index (κ2) is 10.5. The Kier molecular flexibility index (Phi) is 9.12. The monoisotopic (exact) mass is 371 g/mol. The van der Waals surface area contributed by atoms with Crippen LogP contribution in [0.3, 0.4) is 0 Å². The van der Waals surface area contributed by atoms with Crippen molar-refractivity contribution in [2.24, 2.45) is 5.92 Å². The van der Waals surface area contributed by atoms with Crippen LogP contribution in [0.1, 0.15) is 31.4 Å². The van der Waals surface area contributed by atoms with Crippen LogP contribution in [-0.2, 0) is 13.2 Å². The molecular weight excluding hydrogens is 348 g/mol. The Hall–Kier alpha value is -1.29. The SMILES string of the molecule is CC(C)CCNCc1cc(Cl)ccc1OCc1ccccc1F.Cl. The van der Waals surface area contributed by atoms with Crippen LogP contribution in [0.5, 0.6) is 5.75 Å². The van der Waals surface area contributed by atoms with Crippen LogP contribution in [0.15, 0.2) is 42.5 Å². The van der Waals surface area contributed by atoms with Crippen molar-refractivity contribution in [3.8, 4) is 5.75 Å². The summed E-state index contributed by atoms with van der Waals surface area (Å²) in [5.74, 6) is 1.14. The minimum Gasteiger partial charge on any atom is -0.488 e. The molecule has 0 saturated carbocycles. The molecule has 5 heteroatoms. The Bertz CT molecular complexity index is 635. The summed E-state index contributed by atoms with van der Waals surface area (Å²) in [7, 11) is 0. The van der Waals surface area contributed by atoms with Crippen molar-refractivity contribution in [3.05, 3.63) is 64.4 Å². The maximum Gasteiger partial charge on any atom is 0.129 e. The van der Waals surface area contributed by atoms with Gasteiger partial charge in [-0.3, -0.25) is 0 Å². The highest BCUT2D eigenvalue weighted by Gasteiger charge is 2.07. The van der Waals surface area contributed by atoms with Crippen LogP contribution >= 0.6 is 24.0 Å². The van der Waals surface area contributed by atoms with Gasteiger partial charge in [-0.1, -0.05) is 43.6 Å². The van der Waals surface area contributed by atoms with Crippen LogP contribution in [0.2, 0.25) is 5.02 Å². The molecule has 0 amide bonds. The van der Waals surface area contributed by atoms with Crippen LogP contribution in [0, 0.1) is 11.7 Å². The van der Waals surface area contributed by atoms with Gasteiger partial charge < -0.3 is 10.1 Å². The molecule has 0 unspecified atom stereocenters. The van der Waals surface area contributed by atoms with Gasteiger partial charge in [0.05, 0.1) is 0 Å². The lowest BCUT2D eigenvalue weighted by atomic mass is 10.1. The summed E-state index contributed by atoms with van der Waals surface area (Å²) in [4.78, 5) is 0. The first-order valence-electron chi connectivity index (χ1n) is 7.91. The van der Waals surface area contributed by atoms with Gasteiger partial charge in [0.15, 0.2) is 0 Å². The fourth-order valence-electron chi connectivity index (χ4n) is 2.21. The van der Waals surface area contributed by atoms with Gasteiger partial charge in [-0.05, 0) is 43.1 Å². The first kappa shape index (κ1) is 20.8. The molecule has 0 aliphatic heterocycles. The molecule has 0 heterocycles. The molecule has 0 fully saturated rings. The number of ether oxygens (including phenoxy) is 1. The molecule has 0 bridgehead atoms. The van der Waals surface area contributed by atoms with E-state index in [2.05, 4.69) is 19.2 Å². The van der Waals surface area contributed by atoms with E-state index < -0.39 is 0 Å². The van der Waals surface area contributed by atoms with Gasteiger partial charge in [-0.25, -0.2) is 4.39 Å². The predicted octanol–water partition coefficient (Wildman–Crippen LogP) is 5.62. The molecule has 0 atom stereocenters. The van der Waals surface area contributed by atoms with E-state index in [1.54, 1.807) is 24.3 Å². The van der Waals surface area contributed by atoms with Crippen LogP contribution in [0.25, 0.3) is 0 Å². The van der Waals surface area contributed by atoms with Crippen molar-refractivity contribution in [2.45, 2.75) is 33.4 Å². The number of hydrogen-bond donors (Lipinski definition) is 1. The normalized spacial score (nSPS) is 10.5.